The van der Waals surface area contributed by atoms with Crippen molar-refractivity contribution in [2.75, 3.05) is 12.3 Å². The average Bonchev–Trinajstić information content (AvgIpc) is 2.48. The molecule has 0 unspecified atom stereocenters. The number of carbonyl (C=O) groups is 1. The van der Waals surface area contributed by atoms with Crippen molar-refractivity contribution in [3.8, 4) is 0 Å². The maximum atomic E-state index is 11.1. The number of thiophene rings is 1. The number of rotatable bonds is 6. The summed E-state index contributed by atoms with van der Waals surface area (Å²) in [6.45, 7) is 0.211. The largest absolute Gasteiger partial charge is 0.480 e. The number of carboxylic acids is 1. The molecule has 0 amide bonds. The minimum Gasteiger partial charge on any atom is -0.480 e. The van der Waals surface area contributed by atoms with Crippen LogP contribution in [0.4, 0.5) is 0 Å². The van der Waals surface area contributed by atoms with Gasteiger partial charge in [-0.05, 0) is 34.5 Å². The number of nitrogens with one attached hydrogen (secondary N) is 1. The van der Waals surface area contributed by atoms with Crippen molar-refractivity contribution >= 4 is 43.3 Å². The van der Waals surface area contributed by atoms with Crippen LogP contribution in [0.15, 0.2) is 15.9 Å². The normalized spacial score (nSPS) is 11.6. The summed E-state index contributed by atoms with van der Waals surface area (Å²) in [7, 11) is -3.70. The monoisotopic (exact) mass is 327 g/mol. The third-order valence-electron chi connectivity index (χ3n) is 1.64. The average molecular weight is 328 g/mol. The van der Waals surface area contributed by atoms with Crippen LogP contribution in [0.2, 0.25) is 0 Å². The molecule has 0 spiro atoms. The topological polar surface area (TPSA) is 83.5 Å². The first kappa shape index (κ1) is 13.6. The molecule has 16 heavy (non-hydrogen) atoms. The molecule has 0 saturated carbocycles. The van der Waals surface area contributed by atoms with Gasteiger partial charge in [-0.25, -0.2) is 13.1 Å². The second-order valence-electron chi connectivity index (χ2n) is 3.00. The lowest BCUT2D eigenvalue weighted by Crippen LogP contribution is -2.31. The number of sulfonamides is 1. The van der Waals surface area contributed by atoms with Gasteiger partial charge in [0, 0.05) is 11.4 Å². The van der Waals surface area contributed by atoms with Crippen LogP contribution in [-0.2, 0) is 21.2 Å². The van der Waals surface area contributed by atoms with Gasteiger partial charge in [-0.2, -0.15) is 0 Å². The fraction of sp³-hybridized carbons (Fsp3) is 0.375. The lowest BCUT2D eigenvalue weighted by atomic mass is 10.3. The van der Waals surface area contributed by atoms with Gasteiger partial charge in [0.2, 0.25) is 10.0 Å². The van der Waals surface area contributed by atoms with Crippen molar-refractivity contribution in [2.45, 2.75) is 6.42 Å². The summed E-state index contributed by atoms with van der Waals surface area (Å²) < 4.78 is 25.5. The van der Waals surface area contributed by atoms with Crippen LogP contribution >= 0.6 is 27.3 Å². The summed E-state index contributed by atoms with van der Waals surface area (Å²) in [6.07, 6.45) is 0.551. The van der Waals surface area contributed by atoms with Crippen LogP contribution in [-0.4, -0.2) is 31.8 Å². The van der Waals surface area contributed by atoms with Gasteiger partial charge in [-0.1, -0.05) is 0 Å². The fourth-order valence-corrected chi connectivity index (χ4v) is 3.35. The van der Waals surface area contributed by atoms with Gasteiger partial charge in [0.25, 0.3) is 0 Å². The maximum Gasteiger partial charge on any atom is 0.320 e. The van der Waals surface area contributed by atoms with E-state index < -0.39 is 21.7 Å². The van der Waals surface area contributed by atoms with E-state index >= 15 is 0 Å². The SMILES string of the molecule is O=C(O)CS(=O)(=O)NCCc1ccc(Br)s1. The molecule has 8 heteroatoms. The van der Waals surface area contributed by atoms with Crippen LogP contribution in [0, 0.1) is 0 Å². The van der Waals surface area contributed by atoms with E-state index in [9.17, 15) is 13.2 Å². The number of halogens is 1. The molecule has 1 aromatic heterocycles. The molecule has 1 heterocycles. The Kier molecular flexibility index (Phi) is 4.90. The lowest BCUT2D eigenvalue weighted by molar-refractivity contribution is -0.134. The highest BCUT2D eigenvalue weighted by Gasteiger charge is 2.14. The third-order valence-corrected chi connectivity index (χ3v) is 4.59. The minimum absolute atomic E-state index is 0.211. The predicted octanol–water partition coefficient (Wildman–Crippen LogP) is 1.06. The third kappa shape index (κ3) is 5.06. The summed E-state index contributed by atoms with van der Waals surface area (Å²) in [5, 5.41) is 8.35. The number of hydrogen-bond acceptors (Lipinski definition) is 4. The minimum atomic E-state index is -3.70. The molecule has 2 N–H and O–H groups in total. The van der Waals surface area contributed by atoms with E-state index in [1.807, 2.05) is 12.1 Å². The maximum absolute atomic E-state index is 11.1. The van der Waals surface area contributed by atoms with Gasteiger partial charge in [-0.15, -0.1) is 11.3 Å². The summed E-state index contributed by atoms with van der Waals surface area (Å²) in [4.78, 5) is 11.3. The molecular weight excluding hydrogens is 318 g/mol. The van der Waals surface area contributed by atoms with Crippen LogP contribution < -0.4 is 4.72 Å². The van der Waals surface area contributed by atoms with Crippen molar-refractivity contribution in [3.05, 3.63) is 20.8 Å². The highest BCUT2D eigenvalue weighted by atomic mass is 79.9. The van der Waals surface area contributed by atoms with Gasteiger partial charge < -0.3 is 5.11 Å². The molecule has 0 aliphatic carbocycles. The van der Waals surface area contributed by atoms with Crippen LogP contribution in [0.5, 0.6) is 0 Å². The molecule has 0 saturated heterocycles. The van der Waals surface area contributed by atoms with Gasteiger partial charge in [-0.3, -0.25) is 4.79 Å². The molecule has 0 fully saturated rings. The smallest absolute Gasteiger partial charge is 0.320 e. The van der Waals surface area contributed by atoms with E-state index in [-0.39, 0.29) is 6.54 Å². The Balaban J connectivity index is 2.38. The summed E-state index contributed by atoms with van der Waals surface area (Å²) in [5.41, 5.74) is 0. The van der Waals surface area contributed by atoms with Gasteiger partial charge >= 0.3 is 5.97 Å². The zero-order chi connectivity index (χ0) is 12.2. The fourth-order valence-electron chi connectivity index (χ4n) is 1.03. The molecule has 1 aromatic rings. The van der Waals surface area contributed by atoms with Crippen molar-refractivity contribution in [1.29, 1.82) is 0 Å². The van der Waals surface area contributed by atoms with Gasteiger partial charge in [0.15, 0.2) is 5.75 Å². The Morgan fingerprint density at radius 2 is 2.19 bits per heavy atom. The molecular formula is C8H10BrNO4S2. The Labute approximate surface area is 106 Å². The summed E-state index contributed by atoms with van der Waals surface area (Å²) in [6, 6.07) is 3.77. The van der Waals surface area contributed by atoms with E-state index in [0.717, 1.165) is 8.66 Å². The first-order chi connectivity index (χ1) is 7.39. The molecule has 0 aliphatic heterocycles. The Morgan fingerprint density at radius 3 is 2.69 bits per heavy atom. The van der Waals surface area contributed by atoms with E-state index in [0.29, 0.717) is 6.42 Å². The standard InChI is InChI=1S/C8H10BrNO4S2/c9-7-2-1-6(15-7)3-4-10-16(13,14)5-8(11)12/h1-2,10H,3-5H2,(H,11,12). The van der Waals surface area contributed by atoms with Crippen molar-refractivity contribution in [3.63, 3.8) is 0 Å². The number of hydrogen-bond donors (Lipinski definition) is 2. The first-order valence-corrected chi connectivity index (χ1v) is 7.58. The molecule has 90 valence electrons. The Bertz CT molecular complexity index is 468. The van der Waals surface area contributed by atoms with Crippen LogP contribution in [0.25, 0.3) is 0 Å². The molecule has 0 atom stereocenters. The second-order valence-corrected chi connectivity index (χ2v) is 7.36. The van der Waals surface area contributed by atoms with E-state index in [1.165, 1.54) is 11.3 Å². The van der Waals surface area contributed by atoms with Crippen molar-refractivity contribution in [1.82, 2.24) is 4.72 Å². The van der Waals surface area contributed by atoms with E-state index in [4.69, 9.17) is 5.11 Å². The van der Waals surface area contributed by atoms with Crippen molar-refractivity contribution in [2.24, 2.45) is 0 Å². The Hall–Kier alpha value is -0.440. The highest BCUT2D eigenvalue weighted by molar-refractivity contribution is 9.11. The summed E-state index contributed by atoms with van der Waals surface area (Å²) in [5.74, 6) is -2.24. The summed E-state index contributed by atoms with van der Waals surface area (Å²) >= 11 is 4.82. The van der Waals surface area contributed by atoms with E-state index in [2.05, 4.69) is 20.7 Å². The highest BCUT2D eigenvalue weighted by Crippen LogP contribution is 2.22. The zero-order valence-electron chi connectivity index (χ0n) is 8.14. The number of carboxylic acid groups (broad SMARTS) is 1. The van der Waals surface area contributed by atoms with Gasteiger partial charge in [0.1, 0.15) is 0 Å². The molecule has 0 aliphatic rings. The second kappa shape index (κ2) is 5.76. The molecule has 1 rings (SSSR count). The number of aliphatic carboxylic acids is 1. The first-order valence-electron chi connectivity index (χ1n) is 4.32. The van der Waals surface area contributed by atoms with Crippen molar-refractivity contribution < 1.29 is 18.3 Å². The van der Waals surface area contributed by atoms with E-state index in [1.54, 1.807) is 0 Å². The molecule has 0 radical (unpaired) electrons. The van der Waals surface area contributed by atoms with Crippen LogP contribution in [0.3, 0.4) is 0 Å². The molecule has 0 bridgehead atoms. The van der Waals surface area contributed by atoms with Gasteiger partial charge in [0.05, 0.1) is 3.79 Å². The van der Waals surface area contributed by atoms with Crippen LogP contribution in [0.1, 0.15) is 4.88 Å². The molecule has 0 aromatic carbocycles. The lowest BCUT2D eigenvalue weighted by Gasteiger charge is -2.02. The quantitative estimate of drug-likeness (QED) is 0.818. The molecule has 5 nitrogen and oxygen atoms in total. The zero-order valence-corrected chi connectivity index (χ0v) is 11.4. The Morgan fingerprint density at radius 1 is 1.50 bits per heavy atom. The predicted molar refractivity (Wildman–Crippen MR) is 65.1 cm³/mol.